The van der Waals surface area contributed by atoms with Crippen molar-refractivity contribution < 1.29 is 4.52 Å². The van der Waals surface area contributed by atoms with E-state index in [1.54, 1.807) is 24.8 Å². The summed E-state index contributed by atoms with van der Waals surface area (Å²) in [5, 5.41) is 3.64. The summed E-state index contributed by atoms with van der Waals surface area (Å²) in [5.74, 6) is 0.873. The second-order valence-corrected chi connectivity index (χ2v) is 6.11. The van der Waals surface area contributed by atoms with E-state index < -0.39 is 0 Å². The number of rotatable bonds is 0. The van der Waals surface area contributed by atoms with Gasteiger partial charge in [0.2, 0.25) is 0 Å². The monoisotopic (exact) mass is 376 g/mol. The molecule has 146 valence electrons. The molecule has 0 bridgehead atoms. The van der Waals surface area contributed by atoms with Crippen LogP contribution in [0.2, 0.25) is 0 Å². The van der Waals surface area contributed by atoms with Crippen LogP contribution in [-0.4, -0.2) is 20.1 Å². The lowest BCUT2D eigenvalue weighted by atomic mass is 10.2. The van der Waals surface area contributed by atoms with Crippen LogP contribution < -0.4 is 0 Å². The van der Waals surface area contributed by atoms with E-state index in [1.165, 1.54) is 11.1 Å². The van der Waals surface area contributed by atoms with Crippen molar-refractivity contribution in [2.45, 2.75) is 34.6 Å². The summed E-state index contributed by atoms with van der Waals surface area (Å²) < 4.78 is 4.71. The van der Waals surface area contributed by atoms with Gasteiger partial charge in [0.1, 0.15) is 5.76 Å². The maximum absolute atomic E-state index is 4.71. The second-order valence-electron chi connectivity index (χ2n) is 6.11. The molecule has 0 atom stereocenters. The van der Waals surface area contributed by atoms with Crippen LogP contribution in [0.15, 0.2) is 84.0 Å². The molecule has 4 aromatic rings. The Morgan fingerprint density at radius 3 is 1.57 bits per heavy atom. The van der Waals surface area contributed by atoms with Crippen LogP contribution in [0.5, 0.6) is 0 Å². The summed E-state index contributed by atoms with van der Waals surface area (Å²) in [7, 11) is 0. The van der Waals surface area contributed by atoms with E-state index in [9.17, 15) is 0 Å². The molecule has 0 saturated heterocycles. The molecule has 0 radical (unpaired) electrons. The van der Waals surface area contributed by atoms with Gasteiger partial charge in [-0.15, -0.1) is 0 Å². The summed E-state index contributed by atoms with van der Waals surface area (Å²) in [4.78, 5) is 11.6. The van der Waals surface area contributed by atoms with Gasteiger partial charge in [-0.25, -0.2) is 0 Å². The molecule has 0 spiro atoms. The number of pyridine rings is 1. The maximum Gasteiger partial charge on any atom is 0.133 e. The summed E-state index contributed by atoms with van der Waals surface area (Å²) in [6.45, 7) is 9.79. The van der Waals surface area contributed by atoms with Gasteiger partial charge in [-0.3, -0.25) is 15.0 Å². The van der Waals surface area contributed by atoms with E-state index in [2.05, 4.69) is 39.2 Å². The molecule has 5 heteroatoms. The van der Waals surface area contributed by atoms with Gasteiger partial charge in [-0.1, -0.05) is 47.1 Å². The van der Waals surface area contributed by atoms with Crippen LogP contribution >= 0.6 is 0 Å². The average molecular weight is 377 g/mol. The fourth-order valence-corrected chi connectivity index (χ4v) is 1.85. The summed E-state index contributed by atoms with van der Waals surface area (Å²) in [6, 6.07) is 16.1. The Morgan fingerprint density at radius 2 is 1.32 bits per heavy atom. The summed E-state index contributed by atoms with van der Waals surface area (Å²) >= 11 is 0. The van der Waals surface area contributed by atoms with Crippen LogP contribution in [0.4, 0.5) is 0 Å². The Kier molecular flexibility index (Phi) is 11.2. The Hall–Kier alpha value is -3.34. The van der Waals surface area contributed by atoms with Gasteiger partial charge in [0.25, 0.3) is 0 Å². The van der Waals surface area contributed by atoms with Gasteiger partial charge in [0.05, 0.1) is 11.4 Å². The maximum atomic E-state index is 4.71. The lowest BCUT2D eigenvalue weighted by Gasteiger charge is -1.82. The molecule has 0 N–H and O–H groups in total. The van der Waals surface area contributed by atoms with Gasteiger partial charge in [-0.05, 0) is 46.2 Å². The van der Waals surface area contributed by atoms with Crippen molar-refractivity contribution in [1.29, 1.82) is 0 Å². The SMILES string of the molecule is Cc1cc(C)on1.Cc1ccccc1.Cc1cccnc1.Cc1cnccn1. The molecule has 0 aliphatic rings. The first kappa shape index (κ1) is 22.7. The quantitative estimate of drug-likeness (QED) is 0.408. The zero-order chi connectivity index (χ0) is 20.6. The van der Waals surface area contributed by atoms with Crippen molar-refractivity contribution in [2.24, 2.45) is 0 Å². The molecule has 1 aromatic carbocycles. The standard InChI is InChI=1S/C7H8.C6H7N.C5H6N2.C5H7NO/c1-7-5-3-2-4-6-7;1-6-3-2-4-7-5-6;1-5-4-6-2-3-7-5;1-4-3-5(2)7-6-4/h2-6H,1H3;2-5H,1H3;2-4H,1H3;3H,1-2H3. The van der Waals surface area contributed by atoms with Crippen molar-refractivity contribution in [3.63, 3.8) is 0 Å². The first-order valence-electron chi connectivity index (χ1n) is 8.98. The number of aromatic nitrogens is 4. The molecule has 0 amide bonds. The van der Waals surface area contributed by atoms with Crippen LogP contribution in [0.1, 0.15) is 28.3 Å². The van der Waals surface area contributed by atoms with Gasteiger partial charge < -0.3 is 4.52 Å². The molecule has 5 nitrogen and oxygen atoms in total. The molecule has 3 heterocycles. The van der Waals surface area contributed by atoms with E-state index in [-0.39, 0.29) is 0 Å². The minimum absolute atomic E-state index is 0.873. The van der Waals surface area contributed by atoms with Crippen LogP contribution in [0, 0.1) is 34.6 Å². The van der Waals surface area contributed by atoms with Gasteiger partial charge in [0.15, 0.2) is 0 Å². The zero-order valence-corrected chi connectivity index (χ0v) is 17.2. The van der Waals surface area contributed by atoms with E-state index in [0.717, 1.165) is 17.1 Å². The first-order valence-corrected chi connectivity index (χ1v) is 8.98. The molecular formula is C23H28N4O. The Balaban J connectivity index is 0.000000187. The smallest absolute Gasteiger partial charge is 0.133 e. The molecule has 0 aliphatic heterocycles. The van der Waals surface area contributed by atoms with Gasteiger partial charge in [-0.2, -0.15) is 0 Å². The van der Waals surface area contributed by atoms with Crippen molar-refractivity contribution in [2.75, 3.05) is 0 Å². The number of nitrogens with zero attached hydrogens (tertiary/aromatic N) is 4. The first-order chi connectivity index (χ1) is 13.5. The molecule has 0 saturated carbocycles. The fourth-order valence-electron chi connectivity index (χ4n) is 1.85. The number of aryl methyl sites for hydroxylation is 5. The second kappa shape index (κ2) is 13.8. The molecule has 0 aliphatic carbocycles. The third-order valence-electron chi connectivity index (χ3n) is 3.19. The van der Waals surface area contributed by atoms with Crippen molar-refractivity contribution >= 4 is 0 Å². The minimum Gasteiger partial charge on any atom is -0.361 e. The van der Waals surface area contributed by atoms with Gasteiger partial charge in [0, 0.05) is 37.1 Å². The summed E-state index contributed by atoms with van der Waals surface area (Å²) in [6.07, 6.45) is 8.66. The number of benzene rings is 1. The zero-order valence-electron chi connectivity index (χ0n) is 17.2. The molecule has 0 fully saturated rings. The number of hydrogen-bond donors (Lipinski definition) is 0. The normalized spacial score (nSPS) is 8.89. The van der Waals surface area contributed by atoms with Crippen LogP contribution in [0.25, 0.3) is 0 Å². The minimum atomic E-state index is 0.873. The van der Waals surface area contributed by atoms with E-state index in [1.807, 2.05) is 70.3 Å². The van der Waals surface area contributed by atoms with Crippen molar-refractivity contribution in [3.05, 3.63) is 108 Å². The van der Waals surface area contributed by atoms with E-state index >= 15 is 0 Å². The van der Waals surface area contributed by atoms with E-state index in [4.69, 9.17) is 4.52 Å². The molecule has 0 unspecified atom stereocenters. The largest absolute Gasteiger partial charge is 0.361 e. The Morgan fingerprint density at radius 1 is 0.643 bits per heavy atom. The lowest BCUT2D eigenvalue weighted by Crippen LogP contribution is -1.77. The highest BCUT2D eigenvalue weighted by atomic mass is 16.5. The van der Waals surface area contributed by atoms with E-state index in [0.29, 0.717) is 0 Å². The lowest BCUT2D eigenvalue weighted by molar-refractivity contribution is 0.393. The molecule has 4 rings (SSSR count). The van der Waals surface area contributed by atoms with Crippen LogP contribution in [0.3, 0.4) is 0 Å². The van der Waals surface area contributed by atoms with Crippen molar-refractivity contribution in [3.8, 4) is 0 Å². The van der Waals surface area contributed by atoms with Gasteiger partial charge >= 0.3 is 0 Å². The number of hydrogen-bond acceptors (Lipinski definition) is 5. The Bertz CT molecular complexity index is 757. The Labute approximate surface area is 167 Å². The molecule has 3 aromatic heterocycles. The highest BCUT2D eigenvalue weighted by Gasteiger charge is 1.88. The van der Waals surface area contributed by atoms with Crippen molar-refractivity contribution in [1.82, 2.24) is 20.1 Å². The third kappa shape index (κ3) is 12.1. The highest BCUT2D eigenvalue weighted by Crippen LogP contribution is 1.97. The topological polar surface area (TPSA) is 64.7 Å². The summed E-state index contributed by atoms with van der Waals surface area (Å²) in [5.41, 5.74) is 4.44. The molecular weight excluding hydrogens is 348 g/mol. The third-order valence-corrected chi connectivity index (χ3v) is 3.19. The predicted octanol–water partition coefficient (Wildman–Crippen LogP) is 5.46. The fraction of sp³-hybridized carbons (Fsp3) is 0.217. The van der Waals surface area contributed by atoms with Crippen LogP contribution in [-0.2, 0) is 0 Å². The average Bonchev–Trinajstić information content (AvgIpc) is 3.08. The predicted molar refractivity (Wildman–Crippen MR) is 113 cm³/mol. The molecule has 28 heavy (non-hydrogen) atoms. The highest BCUT2D eigenvalue weighted by molar-refractivity contribution is 5.11.